The van der Waals surface area contributed by atoms with E-state index < -0.39 is 52.0 Å². The molecule has 1 aliphatic rings. The number of anilines is 1. The number of nitro groups is 1. The Hall–Kier alpha value is -4.03. The van der Waals surface area contributed by atoms with Crippen LogP contribution in [0.5, 0.6) is 5.75 Å². The Balaban J connectivity index is 1.40. The van der Waals surface area contributed by atoms with Crippen molar-refractivity contribution in [2.45, 2.75) is 12.4 Å². The van der Waals surface area contributed by atoms with Gasteiger partial charge in [-0.25, -0.2) is 0 Å². The van der Waals surface area contributed by atoms with Crippen LogP contribution >= 0.6 is 0 Å². The lowest BCUT2D eigenvalue weighted by Crippen LogP contribution is -2.50. The van der Waals surface area contributed by atoms with Gasteiger partial charge in [0.2, 0.25) is 0 Å². The van der Waals surface area contributed by atoms with E-state index >= 15 is 0 Å². The van der Waals surface area contributed by atoms with E-state index in [-0.39, 0.29) is 24.2 Å². The maximum absolute atomic E-state index is 13.6. The number of carbonyl (C=O) groups excluding carboxylic acids is 1. The number of carbonyl (C=O) groups is 1. The van der Waals surface area contributed by atoms with Crippen molar-refractivity contribution in [2.24, 2.45) is 0 Å². The Morgan fingerprint density at radius 1 is 0.892 bits per heavy atom. The summed E-state index contributed by atoms with van der Waals surface area (Å²) in [6, 6.07) is 10.4. The summed E-state index contributed by atoms with van der Waals surface area (Å²) in [5, 5.41) is 10.8. The summed E-state index contributed by atoms with van der Waals surface area (Å²) in [5.41, 5.74) is -2.65. The SMILES string of the molecule is O=C(COc1ccc2ccc([N+](=O)[O-])c(C(F)(F)F)c2c1)N1CCN(c2ccc(C(F)(F)F)cc2)CC1. The lowest BCUT2D eigenvalue weighted by atomic mass is 10.0. The fourth-order valence-corrected chi connectivity index (χ4v) is 4.14. The summed E-state index contributed by atoms with van der Waals surface area (Å²) in [4.78, 5) is 25.9. The first-order chi connectivity index (χ1) is 17.3. The molecule has 196 valence electrons. The number of nitrogens with zero attached hydrogens (tertiary/aromatic N) is 3. The van der Waals surface area contributed by atoms with Crippen LogP contribution in [0.3, 0.4) is 0 Å². The van der Waals surface area contributed by atoms with Gasteiger partial charge >= 0.3 is 12.4 Å². The lowest BCUT2D eigenvalue weighted by molar-refractivity contribution is -0.387. The molecule has 0 radical (unpaired) electrons. The molecule has 1 fully saturated rings. The van der Waals surface area contributed by atoms with E-state index in [9.17, 15) is 41.3 Å². The van der Waals surface area contributed by atoms with E-state index in [0.29, 0.717) is 18.8 Å². The number of nitro benzene ring substituents is 1. The molecule has 0 saturated carbocycles. The summed E-state index contributed by atoms with van der Waals surface area (Å²) in [5.74, 6) is -0.488. The summed E-state index contributed by atoms with van der Waals surface area (Å²) in [6.45, 7) is 0.802. The van der Waals surface area contributed by atoms with Crippen LogP contribution in [-0.4, -0.2) is 48.5 Å². The molecule has 1 aliphatic heterocycles. The van der Waals surface area contributed by atoms with Gasteiger partial charge in [-0.2, -0.15) is 26.3 Å². The molecule has 0 bridgehead atoms. The fourth-order valence-electron chi connectivity index (χ4n) is 4.14. The third-order valence-electron chi connectivity index (χ3n) is 6.01. The number of amides is 1. The minimum Gasteiger partial charge on any atom is -0.484 e. The Bertz CT molecular complexity index is 1320. The maximum atomic E-state index is 13.6. The van der Waals surface area contributed by atoms with Gasteiger partial charge in [0.25, 0.3) is 11.6 Å². The summed E-state index contributed by atoms with van der Waals surface area (Å²) < 4.78 is 84.4. The number of halogens is 6. The predicted molar refractivity (Wildman–Crippen MR) is 121 cm³/mol. The molecule has 37 heavy (non-hydrogen) atoms. The topological polar surface area (TPSA) is 75.9 Å². The number of benzene rings is 3. The second-order valence-electron chi connectivity index (χ2n) is 8.30. The van der Waals surface area contributed by atoms with Crippen LogP contribution < -0.4 is 9.64 Å². The zero-order chi connectivity index (χ0) is 27.0. The molecule has 0 aliphatic carbocycles. The number of piperazine rings is 1. The number of ether oxygens (including phenoxy) is 1. The van der Waals surface area contributed by atoms with Crippen molar-refractivity contribution in [3.05, 3.63) is 75.8 Å². The van der Waals surface area contributed by atoms with E-state index in [1.54, 1.807) is 0 Å². The van der Waals surface area contributed by atoms with Crippen LogP contribution in [0.25, 0.3) is 10.8 Å². The fraction of sp³-hybridized carbons (Fsp3) is 0.292. The highest BCUT2D eigenvalue weighted by atomic mass is 19.4. The zero-order valence-corrected chi connectivity index (χ0v) is 19.0. The van der Waals surface area contributed by atoms with E-state index in [2.05, 4.69) is 0 Å². The van der Waals surface area contributed by atoms with Gasteiger partial charge in [-0.3, -0.25) is 14.9 Å². The first kappa shape index (κ1) is 26.0. The Labute approximate surface area is 206 Å². The Kier molecular flexibility index (Phi) is 6.89. The molecule has 1 saturated heterocycles. The molecule has 0 atom stereocenters. The van der Waals surface area contributed by atoms with Crippen LogP contribution in [0.2, 0.25) is 0 Å². The van der Waals surface area contributed by atoms with Gasteiger partial charge in [0.05, 0.1) is 10.5 Å². The largest absolute Gasteiger partial charge is 0.484 e. The van der Waals surface area contributed by atoms with Gasteiger partial charge in [-0.05, 0) is 47.9 Å². The van der Waals surface area contributed by atoms with Gasteiger partial charge in [0.1, 0.15) is 11.3 Å². The zero-order valence-electron chi connectivity index (χ0n) is 19.0. The average molecular weight is 527 g/mol. The standard InChI is InChI=1S/C24H19F6N3O4/c25-23(26,27)16-3-5-17(6-4-16)31-9-11-32(12-10-31)21(34)14-37-18-7-1-15-2-8-20(33(35)36)22(19(15)13-18)24(28,29)30/h1-8,13H,9-12,14H2. The molecule has 0 unspecified atom stereocenters. The Morgan fingerprint density at radius 2 is 1.51 bits per heavy atom. The minimum absolute atomic E-state index is 0.0600. The molecule has 0 N–H and O–H groups in total. The second-order valence-corrected chi connectivity index (χ2v) is 8.30. The average Bonchev–Trinajstić information content (AvgIpc) is 2.85. The molecular formula is C24H19F6N3O4. The van der Waals surface area contributed by atoms with E-state index in [1.807, 2.05) is 4.90 Å². The second kappa shape index (κ2) is 9.79. The van der Waals surface area contributed by atoms with Crippen molar-refractivity contribution in [1.82, 2.24) is 4.90 Å². The van der Waals surface area contributed by atoms with Crippen molar-refractivity contribution in [3.8, 4) is 5.75 Å². The molecule has 1 heterocycles. The van der Waals surface area contributed by atoms with Gasteiger partial charge in [-0.1, -0.05) is 6.07 Å². The highest BCUT2D eigenvalue weighted by Gasteiger charge is 2.40. The van der Waals surface area contributed by atoms with E-state index in [1.165, 1.54) is 35.2 Å². The quantitative estimate of drug-likeness (QED) is 0.248. The third-order valence-corrected chi connectivity index (χ3v) is 6.01. The molecule has 3 aromatic carbocycles. The van der Waals surface area contributed by atoms with Crippen molar-refractivity contribution in [1.29, 1.82) is 0 Å². The molecule has 1 amide bonds. The van der Waals surface area contributed by atoms with Crippen molar-refractivity contribution in [3.63, 3.8) is 0 Å². The normalized spacial score (nSPS) is 14.6. The highest BCUT2D eigenvalue weighted by molar-refractivity contribution is 5.90. The van der Waals surface area contributed by atoms with Crippen molar-refractivity contribution >= 4 is 28.1 Å². The maximum Gasteiger partial charge on any atom is 0.423 e. The first-order valence-corrected chi connectivity index (χ1v) is 11.0. The number of hydrogen-bond acceptors (Lipinski definition) is 5. The number of fused-ring (bicyclic) bond motifs is 1. The molecule has 0 aromatic heterocycles. The van der Waals surface area contributed by atoms with Gasteiger partial charge in [0, 0.05) is 43.3 Å². The summed E-state index contributed by atoms with van der Waals surface area (Å²) >= 11 is 0. The smallest absolute Gasteiger partial charge is 0.423 e. The third kappa shape index (κ3) is 5.70. The first-order valence-electron chi connectivity index (χ1n) is 11.0. The van der Waals surface area contributed by atoms with Crippen LogP contribution in [-0.2, 0) is 17.1 Å². The van der Waals surface area contributed by atoms with Crippen molar-refractivity contribution in [2.75, 3.05) is 37.7 Å². The van der Waals surface area contributed by atoms with Crippen LogP contribution in [0.1, 0.15) is 11.1 Å². The highest BCUT2D eigenvalue weighted by Crippen LogP contribution is 2.42. The molecule has 4 rings (SSSR count). The molecule has 13 heteroatoms. The summed E-state index contributed by atoms with van der Waals surface area (Å²) in [7, 11) is 0. The number of rotatable bonds is 5. The molecule has 0 spiro atoms. The minimum atomic E-state index is -4.98. The van der Waals surface area contributed by atoms with E-state index in [0.717, 1.165) is 24.3 Å². The van der Waals surface area contributed by atoms with Crippen molar-refractivity contribution < 1.29 is 40.8 Å². The number of hydrogen-bond donors (Lipinski definition) is 0. The Morgan fingerprint density at radius 3 is 2.08 bits per heavy atom. The van der Waals surface area contributed by atoms with Gasteiger partial charge in [-0.15, -0.1) is 0 Å². The van der Waals surface area contributed by atoms with E-state index in [4.69, 9.17) is 4.74 Å². The molecular weight excluding hydrogens is 508 g/mol. The lowest BCUT2D eigenvalue weighted by Gasteiger charge is -2.36. The monoisotopic (exact) mass is 527 g/mol. The molecule has 3 aromatic rings. The summed E-state index contributed by atoms with van der Waals surface area (Å²) in [6.07, 6.45) is -9.42. The van der Waals surface area contributed by atoms with Crippen LogP contribution in [0, 0.1) is 10.1 Å². The van der Waals surface area contributed by atoms with Gasteiger partial charge in [0.15, 0.2) is 6.61 Å². The number of alkyl halides is 6. The van der Waals surface area contributed by atoms with Crippen LogP contribution in [0.15, 0.2) is 54.6 Å². The van der Waals surface area contributed by atoms with Crippen LogP contribution in [0.4, 0.5) is 37.7 Å². The molecule has 7 nitrogen and oxygen atoms in total. The van der Waals surface area contributed by atoms with Gasteiger partial charge < -0.3 is 14.5 Å². The predicted octanol–water partition coefficient (Wildman–Crippen LogP) is 5.51.